The number of aromatic nitrogens is 1. The summed E-state index contributed by atoms with van der Waals surface area (Å²) in [6.07, 6.45) is 3.89. The number of carbonyl (C=O) groups excluding carboxylic acids is 1. The Hall–Kier alpha value is -3.43. The van der Waals surface area contributed by atoms with Gasteiger partial charge < -0.3 is 10.3 Å². The molecule has 0 saturated carbocycles. The number of nitrogens with one attached hydrogen (secondary N) is 2. The zero-order chi connectivity index (χ0) is 23.0. The Kier molecular flexibility index (Phi) is 5.51. The van der Waals surface area contributed by atoms with Crippen LogP contribution in [0.3, 0.4) is 0 Å². The van der Waals surface area contributed by atoms with Crippen LogP contribution in [0.4, 0.5) is 10.1 Å². The van der Waals surface area contributed by atoms with Crippen molar-refractivity contribution >= 4 is 43.7 Å². The lowest BCUT2D eigenvalue weighted by atomic mass is 10.1. The number of Topliss-reactive ketones (excluding diaryl/α,β-unsaturated/α-hetero) is 1. The minimum Gasteiger partial charge on any atom is -0.389 e. The summed E-state index contributed by atoms with van der Waals surface area (Å²) >= 11 is 1.20. The largest absolute Gasteiger partial charge is 0.389 e. The van der Waals surface area contributed by atoms with Crippen molar-refractivity contribution in [2.24, 2.45) is 0 Å². The SMILES string of the molecule is O=C1/C(=C/NCCc2c[nH]c3ccccc23)S(=O)(=O)N(Cc2ccc(F)cc2)c2ccsc21. The van der Waals surface area contributed by atoms with Crippen molar-refractivity contribution in [1.82, 2.24) is 10.3 Å². The Balaban J connectivity index is 1.39. The molecule has 0 saturated heterocycles. The summed E-state index contributed by atoms with van der Waals surface area (Å²) in [5.74, 6) is -0.915. The Labute approximate surface area is 194 Å². The van der Waals surface area contributed by atoms with E-state index in [0.717, 1.165) is 16.5 Å². The maximum atomic E-state index is 13.4. The van der Waals surface area contributed by atoms with E-state index in [4.69, 9.17) is 0 Å². The monoisotopic (exact) mass is 481 g/mol. The number of carbonyl (C=O) groups is 1. The van der Waals surface area contributed by atoms with Crippen molar-refractivity contribution in [3.63, 3.8) is 0 Å². The van der Waals surface area contributed by atoms with Gasteiger partial charge in [-0.15, -0.1) is 11.3 Å². The Bertz CT molecular complexity index is 1470. The maximum Gasteiger partial charge on any atom is 0.270 e. The molecule has 168 valence electrons. The number of aromatic amines is 1. The number of hydrogen-bond acceptors (Lipinski definition) is 5. The van der Waals surface area contributed by atoms with Gasteiger partial charge in [-0.05, 0) is 47.2 Å². The highest BCUT2D eigenvalue weighted by Crippen LogP contribution is 2.39. The second kappa shape index (κ2) is 8.49. The summed E-state index contributed by atoms with van der Waals surface area (Å²) in [7, 11) is -4.08. The fraction of sp³-hybridized carbons (Fsp3) is 0.125. The van der Waals surface area contributed by atoms with Crippen molar-refractivity contribution in [2.45, 2.75) is 13.0 Å². The third-order valence-electron chi connectivity index (χ3n) is 5.60. The molecular weight excluding hydrogens is 461 g/mol. The Morgan fingerprint density at radius 3 is 2.70 bits per heavy atom. The van der Waals surface area contributed by atoms with Crippen molar-refractivity contribution in [2.75, 3.05) is 10.8 Å². The highest BCUT2D eigenvalue weighted by molar-refractivity contribution is 7.97. The smallest absolute Gasteiger partial charge is 0.270 e. The average Bonchev–Trinajstić information content (AvgIpc) is 3.45. The summed E-state index contributed by atoms with van der Waals surface area (Å²) in [6.45, 7) is 0.468. The second-order valence-corrected chi connectivity index (χ2v) is 10.4. The van der Waals surface area contributed by atoms with E-state index in [2.05, 4.69) is 10.3 Å². The number of H-pyrrole nitrogens is 1. The standard InChI is InChI=1S/C24H20FN3O3S2/c25-18-7-5-16(6-8-18)15-28-21-10-12-32-24(21)23(29)22(33(28,30)31)14-26-11-9-17-13-27-20-4-2-1-3-19(17)20/h1-8,10,12-14,26-27H,9,11,15H2/b22-14-. The lowest BCUT2D eigenvalue weighted by molar-refractivity contribution is 0.104. The first-order valence-corrected chi connectivity index (χ1v) is 12.6. The molecule has 9 heteroatoms. The topological polar surface area (TPSA) is 82.3 Å². The van der Waals surface area contributed by atoms with Gasteiger partial charge >= 0.3 is 0 Å². The van der Waals surface area contributed by atoms with Crippen LogP contribution >= 0.6 is 11.3 Å². The first-order chi connectivity index (χ1) is 15.9. The zero-order valence-electron chi connectivity index (χ0n) is 17.4. The van der Waals surface area contributed by atoms with Crippen LogP contribution in [0.1, 0.15) is 20.8 Å². The number of hydrogen-bond donors (Lipinski definition) is 2. The molecule has 2 aromatic carbocycles. The van der Waals surface area contributed by atoms with Crippen LogP contribution in [0.25, 0.3) is 10.9 Å². The predicted octanol–water partition coefficient (Wildman–Crippen LogP) is 4.57. The van der Waals surface area contributed by atoms with E-state index in [-0.39, 0.29) is 11.4 Å². The van der Waals surface area contributed by atoms with Gasteiger partial charge in [-0.3, -0.25) is 9.10 Å². The molecule has 0 unspecified atom stereocenters. The number of allylic oxidation sites excluding steroid dienone is 1. The van der Waals surface area contributed by atoms with Crippen molar-refractivity contribution < 1.29 is 17.6 Å². The van der Waals surface area contributed by atoms with Gasteiger partial charge in [0.2, 0.25) is 5.78 Å². The van der Waals surface area contributed by atoms with Gasteiger partial charge in [0.05, 0.1) is 12.2 Å². The molecule has 0 amide bonds. The summed E-state index contributed by atoms with van der Waals surface area (Å²) in [6, 6.07) is 15.2. The molecule has 2 N–H and O–H groups in total. The molecule has 0 radical (unpaired) electrons. The highest BCUT2D eigenvalue weighted by atomic mass is 32.2. The number of para-hydroxylation sites is 1. The summed E-state index contributed by atoms with van der Waals surface area (Å²) in [4.78, 5) is 16.3. The van der Waals surface area contributed by atoms with E-state index in [9.17, 15) is 17.6 Å². The fourth-order valence-electron chi connectivity index (χ4n) is 3.92. The lowest BCUT2D eigenvalue weighted by Crippen LogP contribution is -2.38. The Morgan fingerprint density at radius 2 is 1.88 bits per heavy atom. The average molecular weight is 482 g/mol. The third kappa shape index (κ3) is 3.94. The number of anilines is 1. The van der Waals surface area contributed by atoms with Gasteiger partial charge in [0, 0.05) is 29.8 Å². The molecular formula is C24H20FN3O3S2. The van der Waals surface area contributed by atoms with Crippen LogP contribution < -0.4 is 9.62 Å². The van der Waals surface area contributed by atoms with E-state index in [1.54, 1.807) is 11.4 Å². The lowest BCUT2D eigenvalue weighted by Gasteiger charge is -2.29. The number of rotatable bonds is 6. The van der Waals surface area contributed by atoms with E-state index < -0.39 is 21.6 Å². The first kappa shape index (κ1) is 21.4. The van der Waals surface area contributed by atoms with E-state index in [1.165, 1.54) is 46.1 Å². The van der Waals surface area contributed by atoms with Gasteiger partial charge in [-0.1, -0.05) is 30.3 Å². The normalized spacial score (nSPS) is 16.3. The number of thiophene rings is 1. The summed E-state index contributed by atoms with van der Waals surface area (Å²) in [5, 5.41) is 5.82. The number of ketones is 1. The fourth-order valence-corrected chi connectivity index (χ4v) is 6.43. The molecule has 33 heavy (non-hydrogen) atoms. The molecule has 0 atom stereocenters. The predicted molar refractivity (Wildman–Crippen MR) is 128 cm³/mol. The maximum absolute atomic E-state index is 13.4. The van der Waals surface area contributed by atoms with E-state index >= 15 is 0 Å². The molecule has 0 bridgehead atoms. The summed E-state index contributed by atoms with van der Waals surface area (Å²) < 4.78 is 41.2. The number of benzene rings is 2. The van der Waals surface area contributed by atoms with E-state index in [0.29, 0.717) is 29.1 Å². The minimum absolute atomic E-state index is 0.00626. The quantitative estimate of drug-likeness (QED) is 0.312. The van der Waals surface area contributed by atoms with Crippen LogP contribution in [0.2, 0.25) is 0 Å². The molecule has 1 aliphatic heterocycles. The van der Waals surface area contributed by atoms with Crippen LogP contribution in [0.5, 0.6) is 0 Å². The van der Waals surface area contributed by atoms with Crippen LogP contribution in [0, 0.1) is 5.82 Å². The number of halogens is 1. The molecule has 4 aromatic rings. The number of sulfonamides is 1. The van der Waals surface area contributed by atoms with Crippen LogP contribution in [-0.4, -0.2) is 25.7 Å². The molecule has 3 heterocycles. The van der Waals surface area contributed by atoms with Gasteiger partial charge in [-0.2, -0.15) is 0 Å². The molecule has 6 nitrogen and oxygen atoms in total. The van der Waals surface area contributed by atoms with Crippen LogP contribution in [0.15, 0.2) is 77.3 Å². The van der Waals surface area contributed by atoms with Crippen molar-refractivity contribution in [1.29, 1.82) is 0 Å². The third-order valence-corrected chi connectivity index (χ3v) is 8.26. The number of nitrogens with zero attached hydrogens (tertiary/aromatic N) is 1. The molecule has 5 rings (SSSR count). The highest BCUT2D eigenvalue weighted by Gasteiger charge is 2.41. The Morgan fingerprint density at radius 1 is 1.09 bits per heavy atom. The molecule has 0 fully saturated rings. The van der Waals surface area contributed by atoms with Gasteiger partial charge in [0.1, 0.15) is 10.7 Å². The van der Waals surface area contributed by atoms with E-state index in [1.807, 2.05) is 30.5 Å². The van der Waals surface area contributed by atoms with Crippen molar-refractivity contribution in [3.8, 4) is 0 Å². The van der Waals surface area contributed by atoms with Gasteiger partial charge in [-0.25, -0.2) is 12.8 Å². The van der Waals surface area contributed by atoms with Crippen molar-refractivity contribution in [3.05, 3.63) is 99.1 Å². The minimum atomic E-state index is -4.08. The second-order valence-electron chi connectivity index (χ2n) is 7.67. The van der Waals surface area contributed by atoms with Gasteiger partial charge in [0.25, 0.3) is 10.0 Å². The number of fused-ring (bicyclic) bond motifs is 2. The molecule has 2 aromatic heterocycles. The van der Waals surface area contributed by atoms with Crippen LogP contribution in [-0.2, 0) is 23.0 Å². The molecule has 0 spiro atoms. The van der Waals surface area contributed by atoms with Gasteiger partial charge in [0.15, 0.2) is 4.91 Å². The molecule has 0 aliphatic carbocycles. The first-order valence-electron chi connectivity index (χ1n) is 10.3. The molecule has 1 aliphatic rings. The zero-order valence-corrected chi connectivity index (χ0v) is 19.0. The summed E-state index contributed by atoms with van der Waals surface area (Å²) in [5.41, 5.74) is 3.12.